The Morgan fingerprint density at radius 3 is 2.54 bits per heavy atom. The number of halogens is 5. The van der Waals surface area contributed by atoms with Crippen molar-refractivity contribution in [2.24, 2.45) is 0 Å². The van der Waals surface area contributed by atoms with Gasteiger partial charge in [0.2, 0.25) is 0 Å². The Balaban J connectivity index is 2.17. The molecule has 3 nitrogen and oxygen atoms in total. The number of pyridine rings is 1. The topological polar surface area (TPSA) is 31.2 Å². The van der Waals surface area contributed by atoms with Crippen molar-refractivity contribution in [2.75, 3.05) is 7.11 Å². The average molecular weight is 473 g/mol. The van der Waals surface area contributed by atoms with E-state index in [4.69, 9.17) is 16.3 Å². The molecule has 0 amide bonds. The highest BCUT2D eigenvalue weighted by Crippen LogP contribution is 2.39. The van der Waals surface area contributed by atoms with E-state index in [-0.39, 0.29) is 16.7 Å². The number of aromatic nitrogens is 1. The Kier molecular flexibility index (Phi) is 5.86. The van der Waals surface area contributed by atoms with E-state index < -0.39 is 16.8 Å². The van der Waals surface area contributed by atoms with E-state index in [2.05, 4.69) is 15.9 Å². The molecule has 146 valence electrons. The zero-order valence-electron chi connectivity index (χ0n) is 14.6. The van der Waals surface area contributed by atoms with Crippen molar-refractivity contribution < 1.29 is 17.9 Å². The van der Waals surface area contributed by atoms with Gasteiger partial charge < -0.3 is 9.30 Å². The molecule has 3 rings (SSSR count). The van der Waals surface area contributed by atoms with Crippen LogP contribution in [0.25, 0.3) is 11.3 Å². The summed E-state index contributed by atoms with van der Waals surface area (Å²) in [6.45, 7) is 0.304. The molecule has 0 bridgehead atoms. The van der Waals surface area contributed by atoms with Crippen molar-refractivity contribution in [1.82, 2.24) is 4.57 Å². The number of hydrogen-bond acceptors (Lipinski definition) is 2. The van der Waals surface area contributed by atoms with Crippen molar-refractivity contribution in [2.45, 2.75) is 12.7 Å². The molecule has 2 aromatic carbocycles. The van der Waals surface area contributed by atoms with E-state index >= 15 is 0 Å². The van der Waals surface area contributed by atoms with Gasteiger partial charge >= 0.3 is 6.18 Å². The molecule has 0 atom stereocenters. The molecular formula is C20H14BrClF3NO2. The van der Waals surface area contributed by atoms with Gasteiger partial charge in [-0.2, -0.15) is 13.2 Å². The number of nitrogens with zero attached hydrogens (tertiary/aromatic N) is 1. The Hall–Kier alpha value is -2.25. The fourth-order valence-electron chi connectivity index (χ4n) is 2.83. The first-order valence-electron chi connectivity index (χ1n) is 8.09. The fourth-order valence-corrected chi connectivity index (χ4v) is 3.52. The van der Waals surface area contributed by atoms with Crippen molar-refractivity contribution >= 4 is 27.5 Å². The molecule has 3 aromatic rings. The van der Waals surface area contributed by atoms with Crippen molar-refractivity contribution in [3.8, 4) is 17.0 Å². The fraction of sp³-hybridized carbons (Fsp3) is 0.150. The van der Waals surface area contributed by atoms with Crippen LogP contribution in [0.15, 0.2) is 64.0 Å². The molecule has 0 aliphatic heterocycles. The van der Waals surface area contributed by atoms with Gasteiger partial charge in [0.15, 0.2) is 5.43 Å². The second-order valence-corrected chi connectivity index (χ2v) is 7.25. The SMILES string of the molecule is COc1cccc(Cn2cc(Br)c(=O)cc2-c2cccc(C(F)(F)F)c2Cl)c1. The van der Waals surface area contributed by atoms with Crippen LogP contribution in [0.2, 0.25) is 5.02 Å². The number of alkyl halides is 3. The molecule has 0 aliphatic rings. The standard InChI is InChI=1S/C20H14BrClF3NO2/c1-28-13-5-2-4-12(8-13)10-26-11-16(21)18(27)9-17(26)14-6-3-7-15(19(14)22)20(23,24)25/h2-9,11H,10H2,1H3. The number of ether oxygens (including phenoxy) is 1. The van der Waals surface area contributed by atoms with Crippen LogP contribution in [0.1, 0.15) is 11.1 Å². The van der Waals surface area contributed by atoms with Crippen molar-refractivity contribution in [1.29, 1.82) is 0 Å². The Labute approximate surface area is 172 Å². The highest BCUT2D eigenvalue weighted by molar-refractivity contribution is 9.10. The second-order valence-electron chi connectivity index (χ2n) is 6.02. The predicted octanol–water partition coefficient (Wildman–Crippen LogP) is 6.01. The molecule has 0 N–H and O–H groups in total. The maximum absolute atomic E-state index is 13.2. The minimum atomic E-state index is -4.60. The molecule has 0 fully saturated rings. The number of rotatable bonds is 4. The van der Waals surface area contributed by atoms with E-state index in [1.165, 1.54) is 24.4 Å². The summed E-state index contributed by atoms with van der Waals surface area (Å²) < 4.78 is 46.9. The summed E-state index contributed by atoms with van der Waals surface area (Å²) in [7, 11) is 1.54. The summed E-state index contributed by atoms with van der Waals surface area (Å²) in [5.74, 6) is 0.649. The lowest BCUT2D eigenvalue weighted by molar-refractivity contribution is -0.137. The first kappa shape index (κ1) is 20.5. The van der Waals surface area contributed by atoms with Gasteiger partial charge in [0.05, 0.1) is 27.9 Å². The molecular weight excluding hydrogens is 459 g/mol. The van der Waals surface area contributed by atoms with Gasteiger partial charge in [0.1, 0.15) is 5.75 Å². The summed E-state index contributed by atoms with van der Waals surface area (Å²) in [4.78, 5) is 12.2. The van der Waals surface area contributed by atoms with Gasteiger partial charge in [-0.3, -0.25) is 4.79 Å². The minimum absolute atomic E-state index is 0.129. The molecule has 0 aliphatic carbocycles. The quantitative estimate of drug-likeness (QED) is 0.466. The lowest BCUT2D eigenvalue weighted by Crippen LogP contribution is -2.13. The summed E-state index contributed by atoms with van der Waals surface area (Å²) in [5, 5.41) is -0.448. The smallest absolute Gasteiger partial charge is 0.417 e. The van der Waals surface area contributed by atoms with Gasteiger partial charge in [0.25, 0.3) is 0 Å². The third-order valence-electron chi connectivity index (χ3n) is 4.15. The zero-order valence-corrected chi connectivity index (χ0v) is 16.9. The zero-order chi connectivity index (χ0) is 20.5. The molecule has 0 radical (unpaired) electrons. The van der Waals surface area contributed by atoms with Crippen LogP contribution in [0, 0.1) is 0 Å². The van der Waals surface area contributed by atoms with Gasteiger partial charge in [0, 0.05) is 24.4 Å². The van der Waals surface area contributed by atoms with Crippen molar-refractivity contribution in [3.05, 3.63) is 85.6 Å². The normalized spacial score (nSPS) is 11.5. The third kappa shape index (κ3) is 4.25. The maximum atomic E-state index is 13.2. The number of methoxy groups -OCH3 is 1. The van der Waals surface area contributed by atoms with Crippen molar-refractivity contribution in [3.63, 3.8) is 0 Å². The Morgan fingerprint density at radius 2 is 1.86 bits per heavy atom. The van der Waals surface area contributed by atoms with Crippen LogP contribution in [-0.2, 0) is 12.7 Å². The van der Waals surface area contributed by atoms with Gasteiger partial charge in [-0.15, -0.1) is 0 Å². The molecule has 1 heterocycles. The molecule has 8 heteroatoms. The second kappa shape index (κ2) is 8.01. The summed E-state index contributed by atoms with van der Waals surface area (Å²) in [6, 6.07) is 12.2. The average Bonchev–Trinajstić information content (AvgIpc) is 2.64. The monoisotopic (exact) mass is 471 g/mol. The lowest BCUT2D eigenvalue weighted by atomic mass is 10.1. The lowest BCUT2D eigenvalue weighted by Gasteiger charge is -2.18. The first-order chi connectivity index (χ1) is 13.2. The predicted molar refractivity (Wildman–Crippen MR) is 106 cm³/mol. The highest BCUT2D eigenvalue weighted by Gasteiger charge is 2.34. The van der Waals surface area contributed by atoms with Crippen LogP contribution in [0.4, 0.5) is 13.2 Å². The van der Waals surface area contributed by atoms with Gasteiger partial charge in [-0.1, -0.05) is 35.9 Å². The molecule has 0 spiro atoms. The van der Waals surface area contributed by atoms with E-state index in [1.807, 2.05) is 18.2 Å². The minimum Gasteiger partial charge on any atom is -0.497 e. The summed E-state index contributed by atoms with van der Waals surface area (Å²) in [6.07, 6.45) is -3.06. The molecule has 0 saturated heterocycles. The summed E-state index contributed by atoms with van der Waals surface area (Å²) >= 11 is 9.26. The molecule has 28 heavy (non-hydrogen) atoms. The Bertz CT molecular complexity index is 1080. The van der Waals surface area contributed by atoms with Gasteiger partial charge in [-0.05, 0) is 39.7 Å². The van der Waals surface area contributed by atoms with Gasteiger partial charge in [-0.25, -0.2) is 0 Å². The van der Waals surface area contributed by atoms with E-state index in [0.29, 0.717) is 16.8 Å². The highest BCUT2D eigenvalue weighted by atomic mass is 79.9. The van der Waals surface area contributed by atoms with Crippen LogP contribution < -0.4 is 10.2 Å². The number of hydrogen-bond donors (Lipinski definition) is 0. The largest absolute Gasteiger partial charge is 0.497 e. The maximum Gasteiger partial charge on any atom is 0.417 e. The van der Waals surface area contributed by atoms with E-state index in [1.54, 1.807) is 17.7 Å². The van der Waals surface area contributed by atoms with Crippen LogP contribution in [0.3, 0.4) is 0 Å². The summed E-state index contributed by atoms with van der Waals surface area (Å²) in [5.41, 5.74) is -0.0457. The van der Waals surface area contributed by atoms with E-state index in [0.717, 1.165) is 11.6 Å². The molecule has 0 unspecified atom stereocenters. The molecule has 1 aromatic heterocycles. The first-order valence-corrected chi connectivity index (χ1v) is 9.27. The Morgan fingerprint density at radius 1 is 1.14 bits per heavy atom. The van der Waals surface area contributed by atoms with Crippen LogP contribution in [0.5, 0.6) is 5.75 Å². The number of benzene rings is 2. The molecule has 0 saturated carbocycles. The van der Waals surface area contributed by atoms with Crippen LogP contribution >= 0.6 is 27.5 Å². The van der Waals surface area contributed by atoms with E-state index in [9.17, 15) is 18.0 Å². The van der Waals surface area contributed by atoms with Crippen LogP contribution in [-0.4, -0.2) is 11.7 Å². The third-order valence-corrected chi connectivity index (χ3v) is 5.15.